The summed E-state index contributed by atoms with van der Waals surface area (Å²) in [4.78, 5) is 22.4. The Morgan fingerprint density at radius 3 is 2.82 bits per heavy atom. The predicted octanol–water partition coefficient (Wildman–Crippen LogP) is 4.04. The maximum atomic E-state index is 11.7. The standard InChI is InChI=1S/C19H14ClN3O5/c20-13-4-3-5-14(10-13)27-12-19(24)22-21-11-15-8-9-18(28-15)16-6-1-2-7-17(16)23(25)26/h1-11H,12H2,(H,22,24)/b21-11+. The van der Waals surface area contributed by atoms with Gasteiger partial charge in [-0.05, 0) is 36.4 Å². The Morgan fingerprint density at radius 1 is 1.21 bits per heavy atom. The van der Waals surface area contributed by atoms with Crippen LogP contribution in [0.3, 0.4) is 0 Å². The number of para-hydroxylation sites is 1. The van der Waals surface area contributed by atoms with E-state index in [0.717, 1.165) is 0 Å². The van der Waals surface area contributed by atoms with Crippen molar-refractivity contribution in [1.29, 1.82) is 0 Å². The third-order valence-electron chi connectivity index (χ3n) is 3.54. The van der Waals surface area contributed by atoms with Gasteiger partial charge >= 0.3 is 0 Å². The maximum absolute atomic E-state index is 11.7. The minimum Gasteiger partial charge on any atom is -0.484 e. The van der Waals surface area contributed by atoms with Crippen molar-refractivity contribution < 1.29 is 18.9 Å². The van der Waals surface area contributed by atoms with Gasteiger partial charge in [-0.1, -0.05) is 29.8 Å². The van der Waals surface area contributed by atoms with Crippen LogP contribution in [0, 0.1) is 10.1 Å². The van der Waals surface area contributed by atoms with Gasteiger partial charge in [0.2, 0.25) is 0 Å². The molecule has 28 heavy (non-hydrogen) atoms. The summed E-state index contributed by atoms with van der Waals surface area (Å²) >= 11 is 5.83. The molecule has 0 spiro atoms. The molecule has 1 N–H and O–H groups in total. The van der Waals surface area contributed by atoms with E-state index in [4.69, 9.17) is 20.8 Å². The highest BCUT2D eigenvalue weighted by Gasteiger charge is 2.16. The summed E-state index contributed by atoms with van der Waals surface area (Å²) in [6, 6.07) is 16.1. The first-order chi connectivity index (χ1) is 13.5. The van der Waals surface area contributed by atoms with Crippen LogP contribution in [0.1, 0.15) is 5.76 Å². The van der Waals surface area contributed by atoms with Crippen molar-refractivity contribution in [3.63, 3.8) is 0 Å². The van der Waals surface area contributed by atoms with Gasteiger partial charge in [-0.15, -0.1) is 0 Å². The lowest BCUT2D eigenvalue weighted by Gasteiger charge is -2.04. The Hall–Kier alpha value is -3.65. The quantitative estimate of drug-likeness (QED) is 0.366. The Bertz CT molecular complexity index is 1030. The third kappa shape index (κ3) is 4.95. The van der Waals surface area contributed by atoms with Crippen molar-refractivity contribution in [3.05, 3.63) is 81.6 Å². The van der Waals surface area contributed by atoms with E-state index < -0.39 is 10.8 Å². The number of amides is 1. The number of ether oxygens (including phenoxy) is 1. The number of nitrogens with one attached hydrogen (secondary N) is 1. The van der Waals surface area contributed by atoms with Crippen molar-refractivity contribution in [2.24, 2.45) is 5.10 Å². The molecule has 8 nitrogen and oxygen atoms in total. The van der Waals surface area contributed by atoms with Crippen molar-refractivity contribution in [3.8, 4) is 17.1 Å². The van der Waals surface area contributed by atoms with Crippen LogP contribution in [0.5, 0.6) is 5.75 Å². The van der Waals surface area contributed by atoms with Crippen LogP contribution in [0.15, 0.2) is 70.2 Å². The monoisotopic (exact) mass is 399 g/mol. The first-order valence-corrected chi connectivity index (χ1v) is 8.44. The van der Waals surface area contributed by atoms with Gasteiger partial charge in [-0.25, -0.2) is 5.43 Å². The molecule has 0 bridgehead atoms. The zero-order valence-corrected chi connectivity index (χ0v) is 15.1. The highest BCUT2D eigenvalue weighted by molar-refractivity contribution is 6.30. The summed E-state index contributed by atoms with van der Waals surface area (Å²) in [6.45, 7) is -0.239. The molecule has 1 aromatic heterocycles. The maximum Gasteiger partial charge on any atom is 0.280 e. The average Bonchev–Trinajstić information content (AvgIpc) is 3.15. The van der Waals surface area contributed by atoms with Crippen LogP contribution >= 0.6 is 11.6 Å². The molecule has 0 aliphatic heterocycles. The highest BCUT2D eigenvalue weighted by Crippen LogP contribution is 2.30. The lowest BCUT2D eigenvalue weighted by atomic mass is 10.1. The predicted molar refractivity (Wildman–Crippen MR) is 103 cm³/mol. The zero-order valence-electron chi connectivity index (χ0n) is 14.4. The fraction of sp³-hybridized carbons (Fsp3) is 0.0526. The van der Waals surface area contributed by atoms with E-state index in [1.165, 1.54) is 12.3 Å². The molecule has 142 valence electrons. The fourth-order valence-electron chi connectivity index (χ4n) is 2.31. The van der Waals surface area contributed by atoms with E-state index >= 15 is 0 Å². The molecule has 3 aromatic rings. The molecule has 0 aliphatic carbocycles. The van der Waals surface area contributed by atoms with Gasteiger partial charge in [-0.3, -0.25) is 14.9 Å². The van der Waals surface area contributed by atoms with E-state index in [9.17, 15) is 14.9 Å². The average molecular weight is 400 g/mol. The molecule has 0 atom stereocenters. The molecule has 1 heterocycles. The van der Waals surface area contributed by atoms with Crippen LogP contribution in [0.4, 0.5) is 5.69 Å². The first-order valence-electron chi connectivity index (χ1n) is 8.07. The van der Waals surface area contributed by atoms with E-state index in [2.05, 4.69) is 10.5 Å². The molecule has 3 rings (SSSR count). The van der Waals surface area contributed by atoms with Gasteiger partial charge in [0.05, 0.1) is 16.7 Å². The van der Waals surface area contributed by atoms with Crippen LogP contribution in [0.2, 0.25) is 5.02 Å². The Labute approximate surface area is 164 Å². The Kier molecular flexibility index (Phi) is 6.03. The molecule has 0 unspecified atom stereocenters. The van der Waals surface area contributed by atoms with E-state index in [-0.39, 0.29) is 12.3 Å². The molecule has 0 radical (unpaired) electrons. The Morgan fingerprint density at radius 2 is 2.04 bits per heavy atom. The summed E-state index contributed by atoms with van der Waals surface area (Å²) in [7, 11) is 0. The normalized spacial score (nSPS) is 10.8. The number of carbonyl (C=O) groups excluding carboxylic acids is 1. The zero-order chi connectivity index (χ0) is 19.9. The number of rotatable bonds is 7. The number of nitro groups is 1. The number of benzene rings is 2. The summed E-state index contributed by atoms with van der Waals surface area (Å²) in [5.41, 5.74) is 2.59. The SMILES string of the molecule is O=C(COc1cccc(Cl)c1)N/N=C/c1ccc(-c2ccccc2[N+](=O)[O-])o1. The lowest BCUT2D eigenvalue weighted by molar-refractivity contribution is -0.384. The number of hydrogen-bond acceptors (Lipinski definition) is 6. The second-order valence-electron chi connectivity index (χ2n) is 5.52. The fourth-order valence-corrected chi connectivity index (χ4v) is 2.49. The molecule has 0 fully saturated rings. The molecule has 0 aliphatic rings. The van der Waals surface area contributed by atoms with Gasteiger partial charge in [0.25, 0.3) is 11.6 Å². The van der Waals surface area contributed by atoms with Crippen molar-refractivity contribution >= 4 is 29.4 Å². The second kappa shape index (κ2) is 8.83. The van der Waals surface area contributed by atoms with Gasteiger partial charge in [0, 0.05) is 11.1 Å². The van der Waals surface area contributed by atoms with E-state index in [1.54, 1.807) is 54.6 Å². The molecular weight excluding hydrogens is 386 g/mol. The van der Waals surface area contributed by atoms with Crippen LogP contribution in [-0.4, -0.2) is 23.7 Å². The van der Waals surface area contributed by atoms with Crippen LogP contribution < -0.4 is 10.2 Å². The lowest BCUT2D eigenvalue weighted by Crippen LogP contribution is -2.24. The highest BCUT2D eigenvalue weighted by atomic mass is 35.5. The molecule has 0 saturated carbocycles. The van der Waals surface area contributed by atoms with Crippen molar-refractivity contribution in [2.75, 3.05) is 6.61 Å². The number of nitrogens with zero attached hydrogens (tertiary/aromatic N) is 2. The molecule has 9 heteroatoms. The van der Waals surface area contributed by atoms with Gasteiger partial charge < -0.3 is 9.15 Å². The minimum atomic E-state index is -0.480. The first kappa shape index (κ1) is 19.1. The van der Waals surface area contributed by atoms with Crippen molar-refractivity contribution in [2.45, 2.75) is 0 Å². The number of carbonyl (C=O) groups is 1. The number of hydrazone groups is 1. The molecule has 2 aromatic carbocycles. The number of halogens is 1. The summed E-state index contributed by atoms with van der Waals surface area (Å²) in [5, 5.41) is 15.4. The van der Waals surface area contributed by atoms with Gasteiger partial charge in [0.15, 0.2) is 6.61 Å². The van der Waals surface area contributed by atoms with Crippen LogP contribution in [-0.2, 0) is 4.79 Å². The number of nitro benzene ring substituents is 1. The Balaban J connectivity index is 1.57. The minimum absolute atomic E-state index is 0.0631. The van der Waals surface area contributed by atoms with E-state index in [0.29, 0.717) is 27.9 Å². The van der Waals surface area contributed by atoms with Gasteiger partial charge in [0.1, 0.15) is 17.3 Å². The van der Waals surface area contributed by atoms with E-state index in [1.807, 2.05) is 0 Å². The summed E-state index contributed by atoms with van der Waals surface area (Å²) in [5.74, 6) is 0.641. The summed E-state index contributed by atoms with van der Waals surface area (Å²) in [6.07, 6.45) is 1.29. The van der Waals surface area contributed by atoms with Crippen LogP contribution in [0.25, 0.3) is 11.3 Å². The number of hydrogen-bond donors (Lipinski definition) is 1. The second-order valence-corrected chi connectivity index (χ2v) is 5.95. The number of furan rings is 1. The molecular formula is C19H14ClN3O5. The molecule has 0 saturated heterocycles. The molecule has 1 amide bonds. The smallest absolute Gasteiger partial charge is 0.280 e. The summed E-state index contributed by atoms with van der Waals surface area (Å²) < 4.78 is 10.8. The third-order valence-corrected chi connectivity index (χ3v) is 3.78. The largest absolute Gasteiger partial charge is 0.484 e. The van der Waals surface area contributed by atoms with Crippen molar-refractivity contribution in [1.82, 2.24) is 5.43 Å². The van der Waals surface area contributed by atoms with Gasteiger partial charge in [-0.2, -0.15) is 5.10 Å². The topological polar surface area (TPSA) is 107 Å².